The molecule has 0 aromatic carbocycles. The first-order chi connectivity index (χ1) is 9.76. The molecule has 1 saturated heterocycles. The van der Waals surface area contributed by atoms with Crippen LogP contribution in [-0.2, 0) is 9.53 Å². The first-order valence-electron chi connectivity index (χ1n) is 6.84. The highest BCUT2D eigenvalue weighted by Crippen LogP contribution is 2.14. The number of carbonyl (C=O) groups is 1. The van der Waals surface area contributed by atoms with Gasteiger partial charge in [0.1, 0.15) is 11.9 Å². The minimum Gasteiger partial charge on any atom is -0.462 e. The van der Waals surface area contributed by atoms with Gasteiger partial charge >= 0.3 is 5.97 Å². The summed E-state index contributed by atoms with van der Waals surface area (Å²) in [5.41, 5.74) is 3.10. The number of esters is 1. The van der Waals surface area contributed by atoms with Gasteiger partial charge in [-0.3, -0.25) is 5.43 Å². The fourth-order valence-corrected chi connectivity index (χ4v) is 2.21. The summed E-state index contributed by atoms with van der Waals surface area (Å²) in [6, 6.07) is 1.86. The predicted octanol–water partition coefficient (Wildman–Crippen LogP) is 1.29. The zero-order valence-electron chi connectivity index (χ0n) is 11.6. The lowest BCUT2D eigenvalue weighted by atomic mass is 10.1. The number of allylic oxidation sites excluding steroid dienone is 1. The molecule has 106 valence electrons. The van der Waals surface area contributed by atoms with E-state index in [0.717, 1.165) is 18.9 Å². The number of hydrogen-bond donors (Lipinski definition) is 1. The average molecular weight is 274 g/mol. The minimum absolute atomic E-state index is 0.0513. The molecular formula is C14H18N4O2. The largest absolute Gasteiger partial charge is 0.462 e. The Hall–Kier alpha value is -2.29. The number of nitrogens with one attached hydrogen (secondary N) is 1. The van der Waals surface area contributed by atoms with Crippen LogP contribution < -0.4 is 5.43 Å². The summed E-state index contributed by atoms with van der Waals surface area (Å²) < 4.78 is 4.84. The fraction of sp³-hybridized carbons (Fsp3) is 0.500. The Morgan fingerprint density at radius 3 is 2.75 bits per heavy atom. The van der Waals surface area contributed by atoms with E-state index in [9.17, 15) is 4.79 Å². The van der Waals surface area contributed by atoms with Gasteiger partial charge in [-0.1, -0.05) is 0 Å². The molecule has 2 rings (SSSR count). The van der Waals surface area contributed by atoms with Crippen molar-refractivity contribution in [3.05, 3.63) is 23.4 Å². The van der Waals surface area contributed by atoms with Crippen LogP contribution in [0.1, 0.15) is 26.2 Å². The number of hydrogen-bond acceptors (Lipinski definition) is 6. The molecule has 1 N–H and O–H groups in total. The standard InChI is InChI=1S/C14H18N4O2/c1-2-20-14(19)11(10-15)12-6-7-13(17-16-12)18-8-4-3-5-9-18/h6-7,16H,2-5,8-9H2,1H3. The third kappa shape index (κ3) is 3.18. The zero-order chi connectivity index (χ0) is 14.4. The number of carbonyl (C=O) groups excluding carboxylic acids is 1. The van der Waals surface area contributed by atoms with Crippen LogP contribution in [-0.4, -0.2) is 36.4 Å². The maximum absolute atomic E-state index is 11.6. The number of piperidine rings is 1. The molecule has 0 unspecified atom stereocenters. The average Bonchev–Trinajstić information content (AvgIpc) is 2.50. The Labute approximate surface area is 118 Å². The van der Waals surface area contributed by atoms with Gasteiger partial charge in [0, 0.05) is 13.1 Å². The van der Waals surface area contributed by atoms with E-state index in [1.54, 1.807) is 13.0 Å². The van der Waals surface area contributed by atoms with Crippen molar-refractivity contribution in [2.24, 2.45) is 5.10 Å². The highest BCUT2D eigenvalue weighted by Gasteiger charge is 2.19. The molecule has 0 amide bonds. The lowest BCUT2D eigenvalue weighted by Gasteiger charge is -2.29. The van der Waals surface area contributed by atoms with E-state index in [0.29, 0.717) is 5.70 Å². The molecule has 20 heavy (non-hydrogen) atoms. The van der Waals surface area contributed by atoms with E-state index < -0.39 is 5.97 Å². The lowest BCUT2D eigenvalue weighted by molar-refractivity contribution is -0.138. The van der Waals surface area contributed by atoms with Gasteiger partial charge in [0.2, 0.25) is 0 Å². The summed E-state index contributed by atoms with van der Waals surface area (Å²) in [6.07, 6.45) is 7.12. The monoisotopic (exact) mass is 274 g/mol. The quantitative estimate of drug-likeness (QED) is 0.466. The first-order valence-corrected chi connectivity index (χ1v) is 6.84. The second kappa shape index (κ2) is 6.75. The van der Waals surface area contributed by atoms with Crippen molar-refractivity contribution in [2.45, 2.75) is 26.2 Å². The van der Waals surface area contributed by atoms with Crippen molar-refractivity contribution < 1.29 is 9.53 Å². The van der Waals surface area contributed by atoms with Crippen molar-refractivity contribution in [3.8, 4) is 6.07 Å². The molecule has 0 atom stereocenters. The molecule has 1 fully saturated rings. The van der Waals surface area contributed by atoms with Crippen LogP contribution in [0.3, 0.4) is 0 Å². The molecular weight excluding hydrogens is 256 g/mol. The van der Waals surface area contributed by atoms with Gasteiger partial charge in [0.05, 0.1) is 12.3 Å². The van der Waals surface area contributed by atoms with Gasteiger partial charge in [-0.15, -0.1) is 0 Å². The number of likely N-dealkylation sites (tertiary alicyclic amines) is 1. The Morgan fingerprint density at radius 2 is 2.20 bits per heavy atom. The fourth-order valence-electron chi connectivity index (χ4n) is 2.21. The first kappa shape index (κ1) is 14.1. The molecule has 2 aliphatic heterocycles. The molecule has 6 heteroatoms. The second-order valence-corrected chi connectivity index (χ2v) is 4.58. The Kier molecular flexibility index (Phi) is 4.77. The molecule has 0 spiro atoms. The summed E-state index contributed by atoms with van der Waals surface area (Å²) in [7, 11) is 0. The molecule has 0 aromatic heterocycles. The number of nitrogens with zero attached hydrogens (tertiary/aromatic N) is 3. The van der Waals surface area contributed by atoms with Gasteiger partial charge in [0.25, 0.3) is 0 Å². The number of rotatable bonds is 2. The van der Waals surface area contributed by atoms with Crippen molar-refractivity contribution in [2.75, 3.05) is 19.7 Å². The molecule has 0 aliphatic carbocycles. The maximum atomic E-state index is 11.6. The summed E-state index contributed by atoms with van der Waals surface area (Å²) in [6.45, 7) is 3.93. The topological polar surface area (TPSA) is 77.7 Å². The summed E-state index contributed by atoms with van der Waals surface area (Å²) in [5.74, 6) is 0.216. The van der Waals surface area contributed by atoms with Crippen molar-refractivity contribution >= 4 is 11.8 Å². The van der Waals surface area contributed by atoms with Crippen LogP contribution in [0.5, 0.6) is 0 Å². The van der Waals surface area contributed by atoms with Gasteiger partial charge in [-0.2, -0.15) is 10.4 Å². The molecule has 6 nitrogen and oxygen atoms in total. The zero-order valence-corrected chi connectivity index (χ0v) is 11.6. The molecule has 0 saturated carbocycles. The van der Waals surface area contributed by atoms with Crippen LogP contribution in [0, 0.1) is 11.3 Å². The van der Waals surface area contributed by atoms with E-state index >= 15 is 0 Å². The maximum Gasteiger partial charge on any atom is 0.351 e. The smallest absolute Gasteiger partial charge is 0.351 e. The van der Waals surface area contributed by atoms with Crippen molar-refractivity contribution in [1.29, 1.82) is 5.26 Å². The van der Waals surface area contributed by atoms with Crippen molar-refractivity contribution in [1.82, 2.24) is 10.3 Å². The number of nitriles is 1. The molecule has 2 heterocycles. The number of amidine groups is 1. The molecule has 0 radical (unpaired) electrons. The van der Waals surface area contributed by atoms with Crippen LogP contribution in [0.25, 0.3) is 0 Å². The highest BCUT2D eigenvalue weighted by molar-refractivity contribution is 5.97. The van der Waals surface area contributed by atoms with E-state index in [1.807, 2.05) is 12.1 Å². The lowest BCUT2D eigenvalue weighted by Crippen LogP contribution is -2.37. The van der Waals surface area contributed by atoms with Crippen molar-refractivity contribution in [3.63, 3.8) is 0 Å². The summed E-state index contributed by atoms with van der Waals surface area (Å²) in [5, 5.41) is 13.3. The van der Waals surface area contributed by atoms with E-state index in [4.69, 9.17) is 10.00 Å². The minimum atomic E-state index is -0.626. The van der Waals surface area contributed by atoms with Crippen LogP contribution in [0.4, 0.5) is 0 Å². The van der Waals surface area contributed by atoms with Crippen LogP contribution in [0.15, 0.2) is 28.5 Å². The van der Waals surface area contributed by atoms with Gasteiger partial charge in [-0.25, -0.2) is 4.79 Å². The summed E-state index contributed by atoms with van der Waals surface area (Å²) >= 11 is 0. The Balaban J connectivity index is 2.09. The van der Waals surface area contributed by atoms with E-state index in [2.05, 4.69) is 15.4 Å². The van der Waals surface area contributed by atoms with Gasteiger partial charge in [-0.05, 0) is 38.3 Å². The predicted molar refractivity (Wildman–Crippen MR) is 74.4 cm³/mol. The normalized spacial score (nSPS) is 20.6. The SMILES string of the molecule is CCOC(=O)C(C#N)=C1C=CC(N2CCCCC2)=NN1. The van der Waals surface area contributed by atoms with Gasteiger partial charge < -0.3 is 9.64 Å². The number of ether oxygens (including phenoxy) is 1. The van der Waals surface area contributed by atoms with Crippen LogP contribution >= 0.6 is 0 Å². The molecule has 0 aromatic rings. The third-order valence-electron chi connectivity index (χ3n) is 3.23. The Morgan fingerprint density at radius 1 is 1.45 bits per heavy atom. The third-order valence-corrected chi connectivity index (χ3v) is 3.23. The van der Waals surface area contributed by atoms with Crippen LogP contribution in [0.2, 0.25) is 0 Å². The number of hydrazone groups is 1. The van der Waals surface area contributed by atoms with Gasteiger partial charge in [0.15, 0.2) is 5.57 Å². The van der Waals surface area contributed by atoms with E-state index in [-0.39, 0.29) is 12.2 Å². The molecule has 0 bridgehead atoms. The highest BCUT2D eigenvalue weighted by atomic mass is 16.5. The second-order valence-electron chi connectivity index (χ2n) is 4.58. The Bertz CT molecular complexity index is 508. The van der Waals surface area contributed by atoms with E-state index in [1.165, 1.54) is 19.3 Å². The summed E-state index contributed by atoms with van der Waals surface area (Å²) in [4.78, 5) is 13.8. The molecule has 2 aliphatic rings.